The van der Waals surface area contributed by atoms with Gasteiger partial charge in [-0.25, -0.2) is 19.3 Å². The highest BCUT2D eigenvalue weighted by Crippen LogP contribution is 2.57. The van der Waals surface area contributed by atoms with Gasteiger partial charge in [-0.05, 0) is 81.8 Å². The van der Waals surface area contributed by atoms with Gasteiger partial charge in [0.2, 0.25) is 11.8 Å². The zero-order valence-electron chi connectivity index (χ0n) is 41.1. The third kappa shape index (κ3) is 17.2. The van der Waals surface area contributed by atoms with Gasteiger partial charge in [-0.15, -0.1) is 0 Å². The number of Topliss-reactive ketones (excluding diaryl/α,β-unsaturated/α-hetero) is 1. The number of nitrogens with zero attached hydrogens (tertiary/aromatic N) is 4. The Balaban J connectivity index is 0.832. The average Bonchev–Trinajstić information content (AvgIpc) is 4.23. The second-order valence-electron chi connectivity index (χ2n) is 19.8. The number of benzene rings is 1. The number of carbonyl (C=O) groups is 4. The minimum Gasteiger partial charge on any atom is -0.790 e. The Kier molecular flexibility index (Phi) is 20.3. The maximum Gasteiger partial charge on any atom is 0.293 e. The van der Waals surface area contributed by atoms with Gasteiger partial charge in [0.15, 0.2) is 17.7 Å². The van der Waals surface area contributed by atoms with Crippen molar-refractivity contribution in [3.63, 3.8) is 0 Å². The van der Waals surface area contributed by atoms with E-state index in [0.29, 0.717) is 6.47 Å². The number of aryl methyl sites for hydroxylation is 2. The normalized spacial score (nSPS) is 22.1. The van der Waals surface area contributed by atoms with Crippen LogP contribution in [0.2, 0.25) is 0 Å². The van der Waals surface area contributed by atoms with Gasteiger partial charge >= 0.3 is 0 Å². The summed E-state index contributed by atoms with van der Waals surface area (Å²) in [6, 6.07) is 8.70. The Bertz CT molecular complexity index is 2570. The van der Waals surface area contributed by atoms with Crippen LogP contribution in [0.15, 0.2) is 36.9 Å². The molecule has 3 aliphatic rings. The van der Waals surface area contributed by atoms with E-state index in [4.69, 9.17) is 15.2 Å². The van der Waals surface area contributed by atoms with Crippen LogP contribution < -0.4 is 35.9 Å². The lowest BCUT2D eigenvalue weighted by Crippen LogP contribution is -2.46. The lowest BCUT2D eigenvalue weighted by atomic mass is 9.87. The minimum atomic E-state index is -5.94. The number of fused-ring (bicyclic) bond motifs is 1. The summed E-state index contributed by atoms with van der Waals surface area (Å²) in [6.07, 6.45) is 5.96. The number of ether oxygens (including phenoxy) is 2. The fraction of sp³-hybridized carbons (Fsp3) is 0.667. The number of unbranched alkanes of at least 4 members (excludes halogenated alkanes) is 4. The van der Waals surface area contributed by atoms with Crippen molar-refractivity contribution in [2.75, 3.05) is 32.0 Å². The molecule has 3 aromatic rings. The molecule has 74 heavy (non-hydrogen) atoms. The summed E-state index contributed by atoms with van der Waals surface area (Å²) in [5.41, 5.74) is 6.17. The average molecular weight is 1100 g/mol. The molecular formula is C45H64N7O19P3-4. The van der Waals surface area contributed by atoms with Gasteiger partial charge in [-0.3, -0.25) is 32.9 Å². The highest BCUT2D eigenvalue weighted by Gasteiger charge is 2.49. The molecule has 1 aliphatic heterocycles. The number of phosphoric ester groups is 3. The molecule has 1 saturated heterocycles. The van der Waals surface area contributed by atoms with Gasteiger partial charge in [0.1, 0.15) is 47.6 Å². The smallest absolute Gasteiger partial charge is 0.293 e. The number of nitrogen functional groups attached to an aromatic ring is 1. The van der Waals surface area contributed by atoms with Gasteiger partial charge in [-0.2, -0.15) is 0 Å². The Morgan fingerprint density at radius 1 is 0.919 bits per heavy atom. The SMILES string of the molecule is CC(C)(COP(=O)([O-])OP(=O)([O-])OCC1OC(n2cnc3c(N)ncnc32)C(O)C1OP(=O)([O-])[O-])C(O)C(=O)NCCC(=O)NCCC(=O)C1(CCCCCCc2cccc(CCCCC3(OC=O)CC3)c2)CC1. The van der Waals surface area contributed by atoms with Crippen molar-refractivity contribution in [1.82, 2.24) is 30.2 Å². The summed E-state index contributed by atoms with van der Waals surface area (Å²) >= 11 is 0. The zero-order valence-corrected chi connectivity index (χ0v) is 43.8. The van der Waals surface area contributed by atoms with Crippen molar-refractivity contribution in [2.45, 2.75) is 153 Å². The number of phosphoric acid groups is 3. The topological polar surface area (TPSA) is 401 Å². The van der Waals surface area contributed by atoms with Crippen LogP contribution in [0.25, 0.3) is 11.2 Å². The molecule has 3 fully saturated rings. The summed E-state index contributed by atoms with van der Waals surface area (Å²) in [7, 11) is -17.7. The number of nitrogens with two attached hydrogens (primary N) is 1. The van der Waals surface area contributed by atoms with Crippen LogP contribution >= 0.6 is 23.5 Å². The van der Waals surface area contributed by atoms with Crippen molar-refractivity contribution in [1.29, 1.82) is 0 Å². The first-order valence-corrected chi connectivity index (χ1v) is 28.8. The number of ketones is 1. The van der Waals surface area contributed by atoms with Crippen LogP contribution in [0, 0.1) is 10.8 Å². The third-order valence-corrected chi connectivity index (χ3v) is 16.5. The molecule has 1 aromatic carbocycles. The Morgan fingerprint density at radius 2 is 1.57 bits per heavy atom. The first-order chi connectivity index (χ1) is 34.9. The Labute approximate surface area is 427 Å². The van der Waals surface area contributed by atoms with Crippen molar-refractivity contribution >= 4 is 64.5 Å². The first-order valence-electron chi connectivity index (χ1n) is 24.4. The van der Waals surface area contributed by atoms with Gasteiger partial charge < -0.3 is 73.8 Å². The highest BCUT2D eigenvalue weighted by atomic mass is 31.3. The predicted molar refractivity (Wildman–Crippen MR) is 252 cm³/mol. The molecule has 7 unspecified atom stereocenters. The van der Waals surface area contributed by atoms with E-state index in [2.05, 4.69) is 67.7 Å². The van der Waals surface area contributed by atoms with Crippen LogP contribution in [0.5, 0.6) is 0 Å². The van der Waals surface area contributed by atoms with Crippen LogP contribution in [0.4, 0.5) is 5.82 Å². The van der Waals surface area contributed by atoms with Crippen LogP contribution in [0.3, 0.4) is 0 Å². The molecule has 2 amide bonds. The van der Waals surface area contributed by atoms with E-state index < -0.39 is 84.6 Å². The number of aliphatic hydroxyl groups excluding tert-OH is 2. The molecule has 0 radical (unpaired) electrons. The molecule has 3 heterocycles. The number of anilines is 1. The molecule has 29 heteroatoms. The number of rotatable bonds is 34. The first kappa shape index (κ1) is 59.1. The molecule has 412 valence electrons. The van der Waals surface area contributed by atoms with Gasteiger partial charge in [-0.1, -0.05) is 57.4 Å². The number of aliphatic hydroxyl groups is 2. The maximum absolute atomic E-state index is 13.1. The number of nitrogens with one attached hydrogen (secondary N) is 2. The summed E-state index contributed by atoms with van der Waals surface area (Å²) in [4.78, 5) is 109. The van der Waals surface area contributed by atoms with Crippen molar-refractivity contribution in [3.8, 4) is 0 Å². The molecule has 7 atom stereocenters. The van der Waals surface area contributed by atoms with E-state index >= 15 is 0 Å². The number of aromatic nitrogens is 4. The van der Waals surface area contributed by atoms with E-state index in [1.165, 1.54) is 25.0 Å². The molecule has 0 spiro atoms. The molecule has 6 N–H and O–H groups in total. The third-order valence-electron chi connectivity index (χ3n) is 13.5. The van der Waals surface area contributed by atoms with Crippen LogP contribution in [-0.4, -0.2) is 110 Å². The standard InChI is InChI=1S/C45H68N7O19P3/c1-43(2,26-68-74(64,65)71-73(62,63)67-25-32-37(70-72(59,60)61)36(56)42(69-32)52-28-51-35-39(46)49-27-50-40(35)52)38(57)41(58)48-23-15-34(55)47-22-14-33(54)44(18-19-44)16-7-4-3-5-10-30-12-9-13-31(24-30)11-6-8-17-45(20-21-45)66-29-53/h9,12-13,24,27-29,32,36-38,42,56-57H,3-8,10-11,14-23,25-26H2,1-2H3,(H,47,55)(H,48,58)(H,62,63)(H,64,65)(H2,46,49,50)(H2,59,60,61)/p-4. The molecule has 6 rings (SSSR count). The van der Waals surface area contributed by atoms with Gasteiger partial charge in [0.25, 0.3) is 22.1 Å². The van der Waals surface area contributed by atoms with Crippen molar-refractivity contribution in [2.24, 2.45) is 10.8 Å². The zero-order chi connectivity index (χ0) is 54.0. The van der Waals surface area contributed by atoms with Gasteiger partial charge in [0.05, 0.1) is 27.4 Å². The molecule has 2 saturated carbocycles. The number of amides is 2. The lowest BCUT2D eigenvalue weighted by molar-refractivity contribution is -0.347. The van der Waals surface area contributed by atoms with Crippen LogP contribution in [-0.2, 0) is 73.1 Å². The largest absolute Gasteiger partial charge is 0.790 e. The molecule has 0 bridgehead atoms. The number of carbonyl (C=O) groups excluding carboxylic acids is 4. The van der Waals surface area contributed by atoms with E-state index in [9.17, 15) is 62.7 Å². The fourth-order valence-corrected chi connectivity index (χ4v) is 11.6. The quantitative estimate of drug-likeness (QED) is 0.0319. The number of imidazole rings is 1. The molecule has 2 aliphatic carbocycles. The van der Waals surface area contributed by atoms with E-state index in [1.807, 2.05) is 0 Å². The maximum atomic E-state index is 13.1. The number of hydrogen-bond donors (Lipinski definition) is 5. The van der Waals surface area contributed by atoms with Crippen LogP contribution in [0.1, 0.15) is 121 Å². The van der Waals surface area contributed by atoms with E-state index in [0.717, 1.165) is 107 Å². The summed E-state index contributed by atoms with van der Waals surface area (Å²) in [5, 5.41) is 26.6. The minimum absolute atomic E-state index is 0.0230. The second kappa shape index (κ2) is 25.4. The highest BCUT2D eigenvalue weighted by molar-refractivity contribution is 7.59. The Hall–Kier alpha value is -4.10. The summed E-state index contributed by atoms with van der Waals surface area (Å²) < 4.78 is 66.3. The van der Waals surface area contributed by atoms with E-state index in [-0.39, 0.29) is 59.7 Å². The number of hydrogen-bond acceptors (Lipinski definition) is 23. The molecular weight excluding hydrogens is 1040 g/mol. The second-order valence-corrected chi connectivity index (χ2v) is 23.8. The Morgan fingerprint density at radius 3 is 2.23 bits per heavy atom. The molecule has 2 aromatic heterocycles. The van der Waals surface area contributed by atoms with Crippen molar-refractivity contribution < 1.29 is 90.0 Å². The fourth-order valence-electron chi connectivity index (χ4n) is 8.85. The molecule has 26 nitrogen and oxygen atoms in total. The summed E-state index contributed by atoms with van der Waals surface area (Å²) in [5.74, 6) is -1.46. The lowest BCUT2D eigenvalue weighted by Gasteiger charge is -2.36. The summed E-state index contributed by atoms with van der Waals surface area (Å²) in [6.45, 7) is 0.580. The van der Waals surface area contributed by atoms with Gasteiger partial charge in [0, 0.05) is 36.8 Å². The van der Waals surface area contributed by atoms with E-state index in [1.54, 1.807) is 0 Å². The predicted octanol–water partition coefficient (Wildman–Crippen LogP) is 1.23. The monoisotopic (exact) mass is 1100 g/mol. The van der Waals surface area contributed by atoms with Crippen molar-refractivity contribution in [3.05, 3.63) is 48.0 Å².